The Morgan fingerprint density at radius 3 is 2.64 bits per heavy atom. The van der Waals surface area contributed by atoms with Gasteiger partial charge in [-0.3, -0.25) is 9.36 Å². The number of nitrogen functional groups attached to an aromatic ring is 1. The van der Waals surface area contributed by atoms with Gasteiger partial charge in [0, 0.05) is 24.3 Å². The molecule has 3 heterocycles. The number of aromatic nitrogens is 4. The molecule has 16 heteroatoms. The topological polar surface area (TPSA) is 196 Å². The monoisotopic (exact) mass is 677 g/mol. The van der Waals surface area contributed by atoms with E-state index in [-0.39, 0.29) is 29.5 Å². The molecule has 0 saturated carbocycles. The largest absolute Gasteiger partial charge is 0.387 e. The highest BCUT2D eigenvalue weighted by Gasteiger charge is 2.48. The first kappa shape index (κ1) is 33.9. The summed E-state index contributed by atoms with van der Waals surface area (Å²) in [5.74, 6) is 0.349. The molecule has 1 amide bonds. The fourth-order valence-corrected chi connectivity index (χ4v) is 5.75. The molecule has 5 atom stereocenters. The van der Waals surface area contributed by atoms with Crippen LogP contribution in [0.25, 0.3) is 11.2 Å². The van der Waals surface area contributed by atoms with Crippen molar-refractivity contribution in [3.05, 3.63) is 65.5 Å². The molecule has 7 N–H and O–H groups in total. The maximum Gasteiger partial charge on any atom is 0.226 e. The minimum absolute atomic E-state index is 0.111. The number of aliphatic hydroxyl groups is 3. The van der Waals surface area contributed by atoms with Gasteiger partial charge in [-0.15, -0.1) is 0 Å². The number of fused-ring (bicyclic) bond motifs is 1. The number of nitrogens with zero attached hydrogens (tertiary/aromatic N) is 6. The normalized spacial score (nSPS) is 19.6. The Balaban J connectivity index is 1.26. The molecule has 1 saturated heterocycles. The van der Waals surface area contributed by atoms with Crippen molar-refractivity contribution in [2.75, 3.05) is 29.5 Å². The maximum atomic E-state index is 11.3. The standard InChI is InChI=1S/C31H35N9O5S2/c1-3-17-13-19(28(47)36-21-9-7-20(8-10-21)35-15-46)6-5-18(17)11-12-33-31-37-26(32)22-27(38-31)40(14-34-22)30-24(43)23(42)25(45-30)29(44)39(4-2)16-41/h5-10,13-14,16,23-25,29-30,42-44H,3-4,11-12H2,1-2H3,(H,36,47)(H3,32,33,37,38)/t23-,24+,25-,29?,30+/m0/s1. The van der Waals surface area contributed by atoms with E-state index in [0.717, 1.165) is 33.7 Å². The number of rotatable bonds is 13. The van der Waals surface area contributed by atoms with E-state index in [9.17, 15) is 20.1 Å². The van der Waals surface area contributed by atoms with E-state index in [4.69, 9.17) is 22.7 Å². The molecule has 1 unspecified atom stereocenters. The van der Waals surface area contributed by atoms with Crippen LogP contribution in [-0.4, -0.2) is 93.9 Å². The molecular weight excluding hydrogens is 643 g/mol. The first-order chi connectivity index (χ1) is 22.7. The van der Waals surface area contributed by atoms with Gasteiger partial charge in [-0.05, 0) is 73.4 Å². The van der Waals surface area contributed by atoms with Crippen LogP contribution in [0.1, 0.15) is 36.8 Å². The second-order valence-electron chi connectivity index (χ2n) is 10.8. The Hall–Kier alpha value is -4.41. The average Bonchev–Trinajstić information content (AvgIpc) is 3.63. The summed E-state index contributed by atoms with van der Waals surface area (Å²) in [7, 11) is 0. The first-order valence-corrected chi connectivity index (χ1v) is 15.8. The van der Waals surface area contributed by atoms with Gasteiger partial charge in [0.15, 0.2) is 23.9 Å². The van der Waals surface area contributed by atoms with Gasteiger partial charge in [0.05, 0.1) is 17.2 Å². The molecule has 47 heavy (non-hydrogen) atoms. The zero-order valence-electron chi connectivity index (χ0n) is 25.6. The quantitative estimate of drug-likeness (QED) is 0.0523. The molecule has 1 aliphatic heterocycles. The van der Waals surface area contributed by atoms with Crippen LogP contribution in [0.15, 0.2) is 53.8 Å². The number of carbonyl (C=O) groups excluding carboxylic acids is 1. The number of nitrogens with two attached hydrogens (primary N) is 1. The number of amides is 1. The zero-order valence-corrected chi connectivity index (χ0v) is 27.3. The number of thiocarbonyl (C=S) groups is 2. The lowest BCUT2D eigenvalue weighted by atomic mass is 9.99. The lowest BCUT2D eigenvalue weighted by Gasteiger charge is -2.28. The van der Waals surface area contributed by atoms with Crippen LogP contribution in [0.4, 0.5) is 23.1 Å². The van der Waals surface area contributed by atoms with Crippen molar-refractivity contribution in [1.29, 1.82) is 0 Å². The number of hydrogen-bond donors (Lipinski definition) is 6. The number of aliphatic hydroxyl groups excluding tert-OH is 3. The van der Waals surface area contributed by atoms with E-state index < -0.39 is 30.8 Å². The smallest absolute Gasteiger partial charge is 0.226 e. The predicted molar refractivity (Wildman–Crippen MR) is 185 cm³/mol. The van der Waals surface area contributed by atoms with Crippen LogP contribution < -0.4 is 16.4 Å². The summed E-state index contributed by atoms with van der Waals surface area (Å²) in [5, 5.41) is 40.8. The Labute approximate surface area is 281 Å². The highest BCUT2D eigenvalue weighted by Crippen LogP contribution is 2.34. The number of likely N-dealkylation sites (N-methyl/N-ethyl adjacent to an activating group) is 1. The molecule has 5 rings (SSSR count). The highest BCUT2D eigenvalue weighted by molar-refractivity contribution is 7.81. The van der Waals surface area contributed by atoms with E-state index in [1.165, 1.54) is 10.9 Å². The third-order valence-corrected chi connectivity index (χ3v) is 8.39. The van der Waals surface area contributed by atoms with Gasteiger partial charge in [0.2, 0.25) is 12.4 Å². The molecule has 1 fully saturated rings. The van der Waals surface area contributed by atoms with Crippen molar-refractivity contribution in [3.63, 3.8) is 0 Å². The van der Waals surface area contributed by atoms with Crippen LogP contribution in [0.2, 0.25) is 0 Å². The van der Waals surface area contributed by atoms with E-state index in [1.54, 1.807) is 6.92 Å². The minimum atomic E-state index is -1.48. The number of isothiocyanates is 1. The first-order valence-electron chi connectivity index (χ1n) is 14.9. The number of aliphatic imine (C=N–C) groups is 1. The van der Waals surface area contributed by atoms with Crippen molar-refractivity contribution in [1.82, 2.24) is 24.4 Å². The van der Waals surface area contributed by atoms with Crippen LogP contribution >= 0.6 is 24.4 Å². The number of hydrogen-bond acceptors (Lipinski definition) is 13. The molecule has 0 spiro atoms. The Kier molecular flexibility index (Phi) is 10.8. The number of nitrogens with one attached hydrogen (secondary N) is 2. The summed E-state index contributed by atoms with van der Waals surface area (Å²) in [6.45, 7) is 4.41. The number of benzene rings is 2. The van der Waals surface area contributed by atoms with Crippen molar-refractivity contribution in [3.8, 4) is 0 Å². The minimum Gasteiger partial charge on any atom is -0.387 e. The van der Waals surface area contributed by atoms with Gasteiger partial charge < -0.3 is 41.3 Å². The number of carbonyl (C=O) groups is 1. The summed E-state index contributed by atoms with van der Waals surface area (Å²) in [5.41, 5.74) is 11.5. The molecular formula is C31H35N9O5S2. The number of anilines is 3. The summed E-state index contributed by atoms with van der Waals surface area (Å²) < 4.78 is 7.25. The highest BCUT2D eigenvalue weighted by atomic mass is 32.1. The van der Waals surface area contributed by atoms with Crippen molar-refractivity contribution in [2.24, 2.45) is 4.99 Å². The molecule has 2 aromatic carbocycles. The molecule has 0 radical (unpaired) electrons. The molecule has 0 aliphatic carbocycles. The fraction of sp³-hybridized carbons (Fsp3) is 0.355. The van der Waals surface area contributed by atoms with Crippen molar-refractivity contribution >= 4 is 75.3 Å². The van der Waals surface area contributed by atoms with E-state index in [0.29, 0.717) is 30.1 Å². The molecule has 14 nitrogen and oxygen atoms in total. The molecule has 2 aromatic heterocycles. The van der Waals surface area contributed by atoms with Gasteiger partial charge in [0.25, 0.3) is 0 Å². The van der Waals surface area contributed by atoms with E-state index >= 15 is 0 Å². The second-order valence-corrected chi connectivity index (χ2v) is 11.4. The van der Waals surface area contributed by atoms with Gasteiger partial charge >= 0.3 is 0 Å². The van der Waals surface area contributed by atoms with Gasteiger partial charge in [-0.25, -0.2) is 4.98 Å². The Bertz CT molecular complexity index is 1800. The number of aryl methyl sites for hydroxylation is 1. The molecule has 0 bridgehead atoms. The van der Waals surface area contributed by atoms with Crippen molar-refractivity contribution < 1.29 is 24.9 Å². The average molecular weight is 678 g/mol. The zero-order chi connectivity index (χ0) is 33.7. The van der Waals surface area contributed by atoms with Gasteiger partial charge in [-0.1, -0.05) is 31.3 Å². The summed E-state index contributed by atoms with van der Waals surface area (Å²) in [6.07, 6.45) is -3.53. The Morgan fingerprint density at radius 1 is 1.19 bits per heavy atom. The van der Waals surface area contributed by atoms with Crippen LogP contribution in [0.5, 0.6) is 0 Å². The van der Waals surface area contributed by atoms with Crippen LogP contribution in [-0.2, 0) is 22.4 Å². The molecule has 1 aliphatic rings. The predicted octanol–water partition coefficient (Wildman–Crippen LogP) is 2.56. The lowest BCUT2D eigenvalue weighted by Crippen LogP contribution is -2.48. The lowest BCUT2D eigenvalue weighted by molar-refractivity contribution is -0.152. The van der Waals surface area contributed by atoms with E-state index in [1.807, 2.05) is 36.4 Å². The van der Waals surface area contributed by atoms with Gasteiger partial charge in [-0.2, -0.15) is 15.0 Å². The Morgan fingerprint density at radius 2 is 1.96 bits per heavy atom. The third kappa shape index (κ3) is 7.29. The summed E-state index contributed by atoms with van der Waals surface area (Å²) in [4.78, 5) is 30.1. The van der Waals surface area contributed by atoms with Crippen molar-refractivity contribution in [2.45, 2.75) is 57.5 Å². The van der Waals surface area contributed by atoms with E-state index in [2.05, 4.69) is 60.9 Å². The third-order valence-electron chi connectivity index (χ3n) is 7.96. The maximum absolute atomic E-state index is 11.3. The van der Waals surface area contributed by atoms with Gasteiger partial charge in [0.1, 0.15) is 28.8 Å². The second kappa shape index (κ2) is 15.0. The van der Waals surface area contributed by atoms with Crippen LogP contribution in [0, 0.1) is 0 Å². The number of ether oxygens (including phenoxy) is 1. The SMILES string of the molecule is CCc1cc(C(=S)Nc2ccc(N=C=S)cc2)ccc1CCNc1nc(N)c2ncn([C@@H]3O[C@H](C(O)N(C=O)CC)[C@@H](O)[C@H]3O)c2n1. The van der Waals surface area contributed by atoms with Crippen LogP contribution in [0.3, 0.4) is 0 Å². The molecule has 246 valence electrons. The fourth-order valence-electron chi connectivity index (χ4n) is 5.40. The molecule has 4 aromatic rings. The number of imidazole rings is 1. The summed E-state index contributed by atoms with van der Waals surface area (Å²) >= 11 is 10.3. The summed E-state index contributed by atoms with van der Waals surface area (Å²) in [6, 6.07) is 13.5.